The van der Waals surface area contributed by atoms with Crippen molar-refractivity contribution in [3.8, 4) is 0 Å². The molecule has 1 aromatic carbocycles. The number of rotatable bonds is 5. The van der Waals surface area contributed by atoms with Gasteiger partial charge in [0.2, 0.25) is 11.8 Å². The SMILES string of the molecule is NC(=O)CN1CCCC(C(=O)N2CCC(C3NNCC3c3ccccc3)CC2)C1. The summed E-state index contributed by atoms with van der Waals surface area (Å²) in [5.41, 5.74) is 13.6. The van der Waals surface area contributed by atoms with Gasteiger partial charge in [-0.05, 0) is 43.7 Å². The van der Waals surface area contributed by atoms with Crippen molar-refractivity contribution in [2.24, 2.45) is 17.6 Å². The maximum atomic E-state index is 13.1. The van der Waals surface area contributed by atoms with E-state index in [0.29, 0.717) is 24.4 Å². The third-order valence-electron chi connectivity index (χ3n) is 6.85. The summed E-state index contributed by atoms with van der Waals surface area (Å²) in [5, 5.41) is 0. The minimum absolute atomic E-state index is 0.00277. The average molecular weight is 400 g/mol. The van der Waals surface area contributed by atoms with Gasteiger partial charge in [-0.1, -0.05) is 30.3 Å². The fourth-order valence-electron chi connectivity index (χ4n) is 5.34. The van der Waals surface area contributed by atoms with Crippen LogP contribution in [0.1, 0.15) is 37.2 Å². The van der Waals surface area contributed by atoms with Gasteiger partial charge < -0.3 is 10.6 Å². The number of hydrazine groups is 1. The summed E-state index contributed by atoms with van der Waals surface area (Å²) in [7, 11) is 0. The Morgan fingerprint density at radius 2 is 1.83 bits per heavy atom. The van der Waals surface area contributed by atoms with E-state index < -0.39 is 0 Å². The lowest BCUT2D eigenvalue weighted by atomic mass is 9.80. The fraction of sp³-hybridized carbons (Fsp3) is 0.636. The zero-order valence-corrected chi connectivity index (χ0v) is 17.1. The molecule has 3 aliphatic heterocycles. The number of likely N-dealkylation sites (tertiary alicyclic amines) is 2. The lowest BCUT2D eigenvalue weighted by Crippen LogP contribution is -2.50. The van der Waals surface area contributed by atoms with Crippen LogP contribution >= 0.6 is 0 Å². The molecule has 0 aliphatic carbocycles. The van der Waals surface area contributed by atoms with Gasteiger partial charge in [-0.25, -0.2) is 0 Å². The van der Waals surface area contributed by atoms with Crippen molar-refractivity contribution in [1.82, 2.24) is 20.7 Å². The molecule has 0 saturated carbocycles. The van der Waals surface area contributed by atoms with E-state index in [4.69, 9.17) is 5.73 Å². The van der Waals surface area contributed by atoms with Crippen LogP contribution in [-0.4, -0.2) is 66.9 Å². The van der Waals surface area contributed by atoms with Gasteiger partial charge in [0.25, 0.3) is 0 Å². The zero-order chi connectivity index (χ0) is 20.2. The average Bonchev–Trinajstić information content (AvgIpc) is 3.24. The van der Waals surface area contributed by atoms with E-state index in [1.165, 1.54) is 5.56 Å². The Bertz CT molecular complexity index is 704. The standard InChI is InChI=1S/C22H33N5O2/c23-20(28)15-26-10-4-7-18(14-26)22(29)27-11-8-17(9-12-27)21-19(13-24-25-21)16-5-2-1-3-6-16/h1-3,5-6,17-19,21,24-25H,4,7-15H2,(H2,23,28). The second kappa shape index (κ2) is 9.24. The lowest BCUT2D eigenvalue weighted by Gasteiger charge is -2.39. The number of amides is 2. The Morgan fingerprint density at radius 3 is 2.55 bits per heavy atom. The number of benzene rings is 1. The third kappa shape index (κ3) is 4.79. The van der Waals surface area contributed by atoms with Gasteiger partial charge in [0.15, 0.2) is 0 Å². The van der Waals surface area contributed by atoms with Crippen LogP contribution in [0.25, 0.3) is 0 Å². The molecule has 0 aromatic heterocycles. The minimum Gasteiger partial charge on any atom is -0.369 e. The molecule has 7 heteroatoms. The summed E-state index contributed by atoms with van der Waals surface area (Å²) in [6.45, 7) is 4.38. The normalized spacial score (nSPS) is 29.1. The monoisotopic (exact) mass is 399 g/mol. The minimum atomic E-state index is -0.315. The summed E-state index contributed by atoms with van der Waals surface area (Å²) in [5.74, 6) is 0.989. The number of hydrogen-bond acceptors (Lipinski definition) is 5. The molecule has 2 amide bonds. The van der Waals surface area contributed by atoms with Crippen LogP contribution in [-0.2, 0) is 9.59 Å². The van der Waals surface area contributed by atoms with Crippen molar-refractivity contribution in [3.63, 3.8) is 0 Å². The number of nitrogens with two attached hydrogens (primary N) is 1. The first-order chi connectivity index (χ1) is 14.1. The number of hydrogen-bond donors (Lipinski definition) is 3. The Hall–Kier alpha value is -1.96. The molecule has 4 rings (SSSR count). The van der Waals surface area contributed by atoms with Gasteiger partial charge in [0.1, 0.15) is 0 Å². The highest BCUT2D eigenvalue weighted by molar-refractivity contribution is 5.80. The second-order valence-electron chi connectivity index (χ2n) is 8.77. The maximum Gasteiger partial charge on any atom is 0.231 e. The van der Waals surface area contributed by atoms with Crippen molar-refractivity contribution >= 4 is 11.8 Å². The second-order valence-corrected chi connectivity index (χ2v) is 8.77. The highest BCUT2D eigenvalue weighted by atomic mass is 16.2. The molecule has 3 saturated heterocycles. The number of carbonyl (C=O) groups excluding carboxylic acids is 2. The van der Waals surface area contributed by atoms with Crippen LogP contribution in [0.2, 0.25) is 0 Å². The van der Waals surface area contributed by atoms with E-state index in [1.807, 2.05) is 4.90 Å². The number of piperidine rings is 2. The van der Waals surface area contributed by atoms with Crippen molar-refractivity contribution < 1.29 is 9.59 Å². The first-order valence-electron chi connectivity index (χ1n) is 10.9. The molecule has 7 nitrogen and oxygen atoms in total. The van der Waals surface area contributed by atoms with Gasteiger partial charge in [-0.3, -0.25) is 25.3 Å². The van der Waals surface area contributed by atoms with Crippen molar-refractivity contribution in [2.45, 2.75) is 37.6 Å². The van der Waals surface area contributed by atoms with Crippen LogP contribution in [0.3, 0.4) is 0 Å². The Labute approximate surface area is 173 Å². The van der Waals surface area contributed by atoms with E-state index >= 15 is 0 Å². The van der Waals surface area contributed by atoms with Gasteiger partial charge >= 0.3 is 0 Å². The van der Waals surface area contributed by atoms with Gasteiger partial charge in [-0.15, -0.1) is 0 Å². The van der Waals surface area contributed by atoms with Crippen molar-refractivity contribution in [3.05, 3.63) is 35.9 Å². The largest absolute Gasteiger partial charge is 0.369 e. The Morgan fingerprint density at radius 1 is 1.07 bits per heavy atom. The first kappa shape index (κ1) is 20.3. The highest BCUT2D eigenvalue weighted by Gasteiger charge is 2.38. The van der Waals surface area contributed by atoms with Gasteiger partial charge in [0.05, 0.1) is 12.5 Å². The Balaban J connectivity index is 1.31. The predicted molar refractivity (Wildman–Crippen MR) is 112 cm³/mol. The molecule has 3 aliphatic rings. The van der Waals surface area contributed by atoms with Crippen LogP contribution in [0.15, 0.2) is 30.3 Å². The molecule has 0 bridgehead atoms. The smallest absolute Gasteiger partial charge is 0.231 e. The molecule has 1 aromatic rings. The van der Waals surface area contributed by atoms with Gasteiger partial charge in [0, 0.05) is 38.1 Å². The predicted octanol–water partition coefficient (Wildman–Crippen LogP) is 0.683. The molecule has 3 fully saturated rings. The number of primary amides is 1. The zero-order valence-electron chi connectivity index (χ0n) is 17.1. The molecule has 0 spiro atoms. The molecule has 0 radical (unpaired) electrons. The van der Waals surface area contributed by atoms with Crippen molar-refractivity contribution in [2.75, 3.05) is 39.3 Å². The lowest BCUT2D eigenvalue weighted by molar-refractivity contribution is -0.139. The van der Waals surface area contributed by atoms with Crippen LogP contribution in [0.5, 0.6) is 0 Å². The van der Waals surface area contributed by atoms with E-state index in [9.17, 15) is 9.59 Å². The molecule has 158 valence electrons. The van der Waals surface area contributed by atoms with Crippen LogP contribution < -0.4 is 16.6 Å². The van der Waals surface area contributed by atoms with Crippen LogP contribution in [0.4, 0.5) is 0 Å². The summed E-state index contributed by atoms with van der Waals surface area (Å²) in [6.07, 6.45) is 3.94. The highest BCUT2D eigenvalue weighted by Crippen LogP contribution is 2.33. The summed E-state index contributed by atoms with van der Waals surface area (Å²) >= 11 is 0. The quantitative estimate of drug-likeness (QED) is 0.678. The van der Waals surface area contributed by atoms with E-state index in [-0.39, 0.29) is 24.3 Å². The maximum absolute atomic E-state index is 13.1. The fourth-order valence-corrected chi connectivity index (χ4v) is 5.34. The summed E-state index contributed by atoms with van der Waals surface area (Å²) < 4.78 is 0. The first-order valence-corrected chi connectivity index (χ1v) is 10.9. The van der Waals surface area contributed by atoms with Crippen LogP contribution in [0, 0.1) is 11.8 Å². The molecule has 4 N–H and O–H groups in total. The number of carbonyl (C=O) groups is 2. The van der Waals surface area contributed by atoms with E-state index in [1.54, 1.807) is 0 Å². The molecule has 29 heavy (non-hydrogen) atoms. The van der Waals surface area contributed by atoms with Gasteiger partial charge in [-0.2, -0.15) is 0 Å². The third-order valence-corrected chi connectivity index (χ3v) is 6.85. The molecule has 3 heterocycles. The summed E-state index contributed by atoms with van der Waals surface area (Å²) in [4.78, 5) is 28.3. The molecule has 3 unspecified atom stereocenters. The Kier molecular flexibility index (Phi) is 6.47. The summed E-state index contributed by atoms with van der Waals surface area (Å²) in [6, 6.07) is 11.1. The molecule has 3 atom stereocenters. The van der Waals surface area contributed by atoms with E-state index in [2.05, 4.69) is 46.1 Å². The molecular weight excluding hydrogens is 366 g/mol. The van der Waals surface area contributed by atoms with E-state index in [0.717, 1.165) is 51.9 Å². The molecular formula is C22H33N5O2. The van der Waals surface area contributed by atoms with Crippen molar-refractivity contribution in [1.29, 1.82) is 0 Å². The number of nitrogens with zero attached hydrogens (tertiary/aromatic N) is 2. The topological polar surface area (TPSA) is 90.7 Å². The number of nitrogens with one attached hydrogen (secondary N) is 2.